The molecule has 2 fully saturated rings. The maximum absolute atomic E-state index is 10.8. The molecule has 80 valence electrons. The zero-order valence-electron chi connectivity index (χ0n) is 8.71. The van der Waals surface area contributed by atoms with Crippen LogP contribution in [0.25, 0.3) is 0 Å². The summed E-state index contributed by atoms with van der Waals surface area (Å²) in [4.78, 5) is 13.3. The third-order valence-corrected chi connectivity index (χ3v) is 3.18. The Kier molecular flexibility index (Phi) is 2.74. The second kappa shape index (κ2) is 3.87. The first-order chi connectivity index (χ1) is 6.73. The van der Waals surface area contributed by atoms with Crippen molar-refractivity contribution in [1.82, 2.24) is 10.2 Å². The van der Waals surface area contributed by atoms with Gasteiger partial charge in [0.15, 0.2) is 0 Å². The van der Waals surface area contributed by atoms with Gasteiger partial charge < -0.3 is 10.1 Å². The number of nitrogens with zero attached hydrogens (tertiary/aromatic N) is 1. The SMILES string of the molecule is CC(=O)NCC1(N2CCOCC2)CC1. The minimum atomic E-state index is 0.0736. The molecule has 2 rings (SSSR count). The third kappa shape index (κ3) is 2.07. The fraction of sp³-hybridized carbons (Fsp3) is 0.900. The number of amides is 1. The topological polar surface area (TPSA) is 41.6 Å². The molecule has 1 saturated carbocycles. The Hall–Kier alpha value is -0.610. The fourth-order valence-electron chi connectivity index (χ4n) is 2.08. The molecule has 1 saturated heterocycles. The van der Waals surface area contributed by atoms with E-state index in [0.717, 1.165) is 32.8 Å². The number of morpholine rings is 1. The fourth-order valence-corrected chi connectivity index (χ4v) is 2.08. The van der Waals surface area contributed by atoms with Crippen LogP contribution in [-0.2, 0) is 9.53 Å². The minimum Gasteiger partial charge on any atom is -0.379 e. The quantitative estimate of drug-likeness (QED) is 0.693. The molecule has 0 atom stereocenters. The molecule has 1 N–H and O–H groups in total. The van der Waals surface area contributed by atoms with Gasteiger partial charge in [-0.05, 0) is 12.8 Å². The summed E-state index contributed by atoms with van der Waals surface area (Å²) in [6, 6.07) is 0. The van der Waals surface area contributed by atoms with Crippen molar-refractivity contribution in [1.29, 1.82) is 0 Å². The summed E-state index contributed by atoms with van der Waals surface area (Å²) in [6.07, 6.45) is 2.43. The van der Waals surface area contributed by atoms with E-state index in [2.05, 4.69) is 10.2 Å². The smallest absolute Gasteiger partial charge is 0.216 e. The molecule has 4 nitrogen and oxygen atoms in total. The van der Waals surface area contributed by atoms with E-state index in [1.54, 1.807) is 6.92 Å². The van der Waals surface area contributed by atoms with E-state index in [1.807, 2.05) is 0 Å². The van der Waals surface area contributed by atoms with Crippen molar-refractivity contribution in [2.75, 3.05) is 32.8 Å². The Bertz CT molecular complexity index is 220. The van der Waals surface area contributed by atoms with Gasteiger partial charge in [-0.3, -0.25) is 9.69 Å². The lowest BCUT2D eigenvalue weighted by Gasteiger charge is -2.34. The summed E-state index contributed by atoms with van der Waals surface area (Å²) in [5.41, 5.74) is 0.273. The largest absolute Gasteiger partial charge is 0.379 e. The van der Waals surface area contributed by atoms with Crippen molar-refractivity contribution >= 4 is 5.91 Å². The molecular formula is C10H18N2O2. The number of hydrogen-bond acceptors (Lipinski definition) is 3. The van der Waals surface area contributed by atoms with Gasteiger partial charge in [-0.1, -0.05) is 0 Å². The lowest BCUT2D eigenvalue weighted by Crippen LogP contribution is -2.50. The van der Waals surface area contributed by atoms with E-state index in [0.29, 0.717) is 0 Å². The van der Waals surface area contributed by atoms with E-state index in [-0.39, 0.29) is 11.4 Å². The van der Waals surface area contributed by atoms with Gasteiger partial charge in [-0.15, -0.1) is 0 Å². The lowest BCUT2D eigenvalue weighted by atomic mass is 10.2. The van der Waals surface area contributed by atoms with Crippen molar-refractivity contribution in [3.63, 3.8) is 0 Å². The van der Waals surface area contributed by atoms with Crippen molar-refractivity contribution in [3.05, 3.63) is 0 Å². The Morgan fingerprint density at radius 3 is 2.57 bits per heavy atom. The molecule has 14 heavy (non-hydrogen) atoms. The second-order valence-corrected chi connectivity index (χ2v) is 4.23. The average molecular weight is 198 g/mol. The number of rotatable bonds is 3. The standard InChI is InChI=1S/C10H18N2O2/c1-9(13)11-8-10(2-3-10)12-4-6-14-7-5-12/h2-8H2,1H3,(H,11,13). The van der Waals surface area contributed by atoms with Gasteiger partial charge in [0, 0.05) is 32.1 Å². The molecule has 1 aliphatic carbocycles. The highest BCUT2D eigenvalue weighted by molar-refractivity contribution is 5.73. The van der Waals surface area contributed by atoms with Crippen LogP contribution in [0, 0.1) is 0 Å². The van der Waals surface area contributed by atoms with Crippen LogP contribution in [0.5, 0.6) is 0 Å². The predicted molar refractivity (Wildman–Crippen MR) is 53.0 cm³/mol. The first-order valence-electron chi connectivity index (χ1n) is 5.30. The molecule has 0 aromatic carbocycles. The monoisotopic (exact) mass is 198 g/mol. The van der Waals surface area contributed by atoms with E-state index in [4.69, 9.17) is 4.74 Å². The Labute approximate surface area is 84.6 Å². The highest BCUT2D eigenvalue weighted by atomic mass is 16.5. The molecule has 2 aliphatic rings. The third-order valence-electron chi connectivity index (χ3n) is 3.18. The molecule has 0 unspecified atom stereocenters. The van der Waals surface area contributed by atoms with E-state index >= 15 is 0 Å². The van der Waals surface area contributed by atoms with E-state index in [1.165, 1.54) is 12.8 Å². The number of ether oxygens (including phenoxy) is 1. The molecule has 0 radical (unpaired) electrons. The van der Waals surface area contributed by atoms with Crippen LogP contribution in [0.15, 0.2) is 0 Å². The maximum Gasteiger partial charge on any atom is 0.216 e. The van der Waals surface area contributed by atoms with E-state index in [9.17, 15) is 4.79 Å². The van der Waals surface area contributed by atoms with Crippen molar-refractivity contribution in [3.8, 4) is 0 Å². The summed E-state index contributed by atoms with van der Waals surface area (Å²) in [5, 5.41) is 2.92. The normalized spacial score (nSPS) is 25.8. The van der Waals surface area contributed by atoms with Gasteiger partial charge in [-0.2, -0.15) is 0 Å². The van der Waals surface area contributed by atoms with Crippen LogP contribution in [0.3, 0.4) is 0 Å². The van der Waals surface area contributed by atoms with E-state index < -0.39 is 0 Å². The molecule has 0 bridgehead atoms. The molecule has 0 aromatic rings. The molecule has 0 aromatic heterocycles. The lowest BCUT2D eigenvalue weighted by molar-refractivity contribution is -0.119. The minimum absolute atomic E-state index is 0.0736. The molecule has 1 amide bonds. The number of hydrogen-bond donors (Lipinski definition) is 1. The van der Waals surface area contributed by atoms with Gasteiger partial charge in [-0.25, -0.2) is 0 Å². The van der Waals surface area contributed by atoms with Crippen LogP contribution < -0.4 is 5.32 Å². The van der Waals surface area contributed by atoms with Crippen molar-refractivity contribution in [2.24, 2.45) is 0 Å². The summed E-state index contributed by atoms with van der Waals surface area (Å²) in [5.74, 6) is 0.0736. The van der Waals surface area contributed by atoms with Crippen molar-refractivity contribution in [2.45, 2.75) is 25.3 Å². The maximum atomic E-state index is 10.8. The predicted octanol–water partition coefficient (Wildman–Crippen LogP) is -0.0127. The Balaban J connectivity index is 1.84. The van der Waals surface area contributed by atoms with Gasteiger partial charge in [0.25, 0.3) is 0 Å². The number of carbonyl (C=O) groups excluding carboxylic acids is 1. The molecule has 1 aliphatic heterocycles. The highest BCUT2D eigenvalue weighted by Crippen LogP contribution is 2.41. The van der Waals surface area contributed by atoms with Crippen LogP contribution in [0.2, 0.25) is 0 Å². The van der Waals surface area contributed by atoms with Crippen LogP contribution in [0.4, 0.5) is 0 Å². The zero-order valence-corrected chi connectivity index (χ0v) is 8.71. The first-order valence-corrected chi connectivity index (χ1v) is 5.30. The Morgan fingerprint density at radius 2 is 2.07 bits per heavy atom. The second-order valence-electron chi connectivity index (χ2n) is 4.23. The van der Waals surface area contributed by atoms with Crippen LogP contribution in [0.1, 0.15) is 19.8 Å². The van der Waals surface area contributed by atoms with Crippen LogP contribution in [-0.4, -0.2) is 49.2 Å². The summed E-state index contributed by atoms with van der Waals surface area (Å²) < 4.78 is 5.32. The Morgan fingerprint density at radius 1 is 1.43 bits per heavy atom. The van der Waals surface area contributed by atoms with Gasteiger partial charge in [0.05, 0.1) is 13.2 Å². The van der Waals surface area contributed by atoms with Crippen LogP contribution >= 0.6 is 0 Å². The van der Waals surface area contributed by atoms with Gasteiger partial charge >= 0.3 is 0 Å². The average Bonchev–Trinajstić information content (AvgIpc) is 2.97. The highest BCUT2D eigenvalue weighted by Gasteiger charge is 2.47. The van der Waals surface area contributed by atoms with Gasteiger partial charge in [0.1, 0.15) is 0 Å². The summed E-state index contributed by atoms with van der Waals surface area (Å²) in [7, 11) is 0. The molecular weight excluding hydrogens is 180 g/mol. The summed E-state index contributed by atoms with van der Waals surface area (Å²) >= 11 is 0. The molecule has 0 spiro atoms. The first kappa shape index (κ1) is 9.93. The zero-order chi connectivity index (χ0) is 10.0. The number of carbonyl (C=O) groups is 1. The summed E-state index contributed by atoms with van der Waals surface area (Å²) in [6.45, 7) is 6.08. The molecule has 1 heterocycles. The van der Waals surface area contributed by atoms with Crippen molar-refractivity contribution < 1.29 is 9.53 Å². The number of nitrogens with one attached hydrogen (secondary N) is 1. The molecule has 4 heteroatoms. The van der Waals surface area contributed by atoms with Gasteiger partial charge in [0.2, 0.25) is 5.91 Å².